The van der Waals surface area contributed by atoms with Crippen molar-refractivity contribution in [2.24, 2.45) is 0 Å². The second kappa shape index (κ2) is 15.3. The molecule has 0 aliphatic carbocycles. The molecule has 0 radical (unpaired) electrons. The molecule has 5 rings (SSSR count). The number of fused-ring (bicyclic) bond motifs is 2. The van der Waals surface area contributed by atoms with E-state index in [1.165, 1.54) is 25.3 Å². The van der Waals surface area contributed by atoms with Crippen molar-refractivity contribution in [1.29, 1.82) is 0 Å². The smallest absolute Gasteiger partial charge is 0.748 e. The first-order valence-corrected chi connectivity index (χ1v) is 16.8. The Morgan fingerprint density at radius 3 is 2.35 bits per heavy atom. The average Bonchev–Trinajstić information content (AvgIpc) is 3.61. The van der Waals surface area contributed by atoms with Gasteiger partial charge < -0.3 is 32.4 Å². The molecule has 2 aromatic carbocycles. The minimum Gasteiger partial charge on any atom is -0.748 e. The fourth-order valence-electron chi connectivity index (χ4n) is 4.79. The van der Waals surface area contributed by atoms with Crippen molar-refractivity contribution in [2.45, 2.75) is 19.4 Å². The number of aromatic nitrogens is 2. The molecule has 0 amide bonds. The summed E-state index contributed by atoms with van der Waals surface area (Å²) in [7, 11) is -7.42. The monoisotopic (exact) mass is 697 g/mol. The van der Waals surface area contributed by atoms with Crippen LogP contribution in [0.3, 0.4) is 0 Å². The molecule has 238 valence electrons. The maximum atomic E-state index is 12.8. The summed E-state index contributed by atoms with van der Waals surface area (Å²) in [5.41, 5.74) is 1.25. The molecule has 14 nitrogen and oxygen atoms in total. The third-order valence-electron chi connectivity index (χ3n) is 6.69. The Kier molecular flexibility index (Phi) is 11.9. The topological polar surface area (TPSA) is 188 Å². The number of benzene rings is 2. The summed E-state index contributed by atoms with van der Waals surface area (Å²) in [5.74, 6) is 0.128. The summed E-state index contributed by atoms with van der Waals surface area (Å²) < 4.78 is 86.7. The molecule has 3 heterocycles. The van der Waals surface area contributed by atoms with Crippen LogP contribution in [-0.2, 0) is 26.8 Å². The Labute approximate surface area is 306 Å². The van der Waals surface area contributed by atoms with Crippen molar-refractivity contribution in [2.75, 3.05) is 30.1 Å². The van der Waals surface area contributed by atoms with Gasteiger partial charge in [0.25, 0.3) is 5.52 Å². The minimum absolute atomic E-state index is 0. The predicted octanol–water partition coefficient (Wildman–Crippen LogP) is -2.58. The standard InChI is InChI=1S/C29H29N3O11S2.K/c1-40-32-23(15-16-27-31(18-8-20-45(37,38)39)22-10-3-5-12-25(22)42-27)29(33)43-28(32)14-6-13-26-30(17-7-19-44(34,35)36)21-9-2-4-11-24(21)41-26;/h2-6,9-16H,7-8,17-20H2,1H3,(H-,34,35,36,37,38,39);/q;+1/p-1. The van der Waals surface area contributed by atoms with Gasteiger partial charge in [-0.3, -0.25) is 0 Å². The normalized spacial score (nSPS) is 15.1. The quantitative estimate of drug-likeness (QED) is 0.0856. The van der Waals surface area contributed by atoms with Crippen LogP contribution < -0.4 is 86.9 Å². The molecule has 2 aromatic heterocycles. The average molecular weight is 698 g/mol. The molecular formula is C29H28KN3O11S2. The van der Waals surface area contributed by atoms with Crippen molar-refractivity contribution < 1.29 is 100 Å². The van der Waals surface area contributed by atoms with E-state index >= 15 is 0 Å². The van der Waals surface area contributed by atoms with Gasteiger partial charge in [-0.2, -0.15) is 4.57 Å². The van der Waals surface area contributed by atoms with Crippen LogP contribution in [0.1, 0.15) is 18.7 Å². The number of nitrogens with zero attached hydrogens (tertiary/aromatic N) is 3. The predicted molar refractivity (Wildman–Crippen MR) is 160 cm³/mol. The van der Waals surface area contributed by atoms with Crippen LogP contribution in [0.15, 0.2) is 80.2 Å². The zero-order valence-corrected chi connectivity index (χ0v) is 29.7. The Hall–Kier alpha value is -3.00. The molecule has 0 bridgehead atoms. The Morgan fingerprint density at radius 2 is 1.61 bits per heavy atom. The van der Waals surface area contributed by atoms with Crippen LogP contribution in [0, 0.1) is 0 Å². The molecule has 46 heavy (non-hydrogen) atoms. The number of ether oxygens (including phenoxy) is 1. The molecule has 0 saturated carbocycles. The van der Waals surface area contributed by atoms with Crippen LogP contribution in [0.2, 0.25) is 0 Å². The first-order valence-electron chi connectivity index (χ1n) is 13.6. The largest absolute Gasteiger partial charge is 1.00 e. The molecule has 1 aliphatic rings. The number of hydrogen-bond donors (Lipinski definition) is 0. The van der Waals surface area contributed by atoms with E-state index in [0.717, 1.165) is 4.73 Å². The molecular weight excluding hydrogens is 670 g/mol. The van der Waals surface area contributed by atoms with Crippen LogP contribution in [0.5, 0.6) is 5.75 Å². The number of para-hydroxylation sites is 4. The van der Waals surface area contributed by atoms with E-state index in [9.17, 15) is 30.7 Å². The van der Waals surface area contributed by atoms with E-state index in [1.54, 1.807) is 70.1 Å². The molecule has 4 aromatic rings. The first-order chi connectivity index (χ1) is 21.4. The Bertz CT molecular complexity index is 2180. The molecule has 0 saturated heterocycles. The zero-order chi connectivity index (χ0) is 32.2. The molecule has 17 heteroatoms. The second-order valence-electron chi connectivity index (χ2n) is 9.80. The van der Waals surface area contributed by atoms with E-state index in [2.05, 4.69) is 0 Å². The Morgan fingerprint density at radius 1 is 0.913 bits per heavy atom. The van der Waals surface area contributed by atoms with E-state index in [-0.39, 0.29) is 88.2 Å². The van der Waals surface area contributed by atoms with Crippen molar-refractivity contribution in [3.63, 3.8) is 0 Å². The van der Waals surface area contributed by atoms with Crippen LogP contribution >= 0.6 is 0 Å². The van der Waals surface area contributed by atoms with Crippen molar-refractivity contribution in [3.05, 3.63) is 93.8 Å². The molecule has 0 spiro atoms. The van der Waals surface area contributed by atoms with E-state index in [0.29, 0.717) is 34.3 Å². The molecule has 0 unspecified atom stereocenters. The fourth-order valence-corrected chi connectivity index (χ4v) is 5.76. The van der Waals surface area contributed by atoms with E-state index in [1.807, 2.05) is 0 Å². The van der Waals surface area contributed by atoms with Gasteiger partial charge in [0.15, 0.2) is 17.6 Å². The third-order valence-corrected chi connectivity index (χ3v) is 8.27. The van der Waals surface area contributed by atoms with Crippen LogP contribution in [-0.4, -0.2) is 55.8 Å². The number of rotatable bonds is 12. The van der Waals surface area contributed by atoms with E-state index < -0.39 is 37.4 Å². The van der Waals surface area contributed by atoms with Crippen molar-refractivity contribution in [3.8, 4) is 5.75 Å². The number of aryl methyl sites for hydroxylation is 1. The Balaban J connectivity index is 0.00000480. The fraction of sp³-hybridized carbons (Fsp3) is 0.241. The van der Waals surface area contributed by atoms with Gasteiger partial charge in [0.05, 0.1) is 32.0 Å². The maximum Gasteiger partial charge on any atom is 1.00 e. The van der Waals surface area contributed by atoms with Crippen molar-refractivity contribution >= 4 is 55.3 Å². The van der Waals surface area contributed by atoms with Gasteiger partial charge in [-0.05, 0) is 36.8 Å². The van der Waals surface area contributed by atoms with Gasteiger partial charge in [0.1, 0.15) is 7.11 Å². The van der Waals surface area contributed by atoms with E-state index in [4.69, 9.17) is 18.4 Å². The summed E-state index contributed by atoms with van der Waals surface area (Å²) in [6, 6.07) is 14.2. The number of oxazole rings is 2. The summed E-state index contributed by atoms with van der Waals surface area (Å²) in [6.07, 6.45) is 7.69. The van der Waals surface area contributed by atoms with Gasteiger partial charge in [-0.1, -0.05) is 24.3 Å². The van der Waals surface area contributed by atoms with Crippen LogP contribution in [0.25, 0.3) is 29.3 Å². The van der Waals surface area contributed by atoms with Gasteiger partial charge in [-0.25, -0.2) is 21.6 Å². The maximum absolute atomic E-state index is 12.8. The van der Waals surface area contributed by atoms with Crippen molar-refractivity contribution in [1.82, 2.24) is 4.73 Å². The second-order valence-corrected chi connectivity index (χ2v) is 12.8. The molecule has 0 fully saturated rings. The molecule has 0 atom stereocenters. The summed E-state index contributed by atoms with van der Waals surface area (Å²) >= 11 is 0. The number of hydrogen-bond acceptors (Lipinski definition) is 12. The minimum atomic E-state index is -4.39. The van der Waals surface area contributed by atoms with Gasteiger partial charge in [0.2, 0.25) is 17.0 Å². The molecule has 0 N–H and O–H groups in total. The zero-order valence-electron chi connectivity index (χ0n) is 24.9. The van der Waals surface area contributed by atoms with Gasteiger partial charge in [0, 0.05) is 42.7 Å². The third kappa shape index (κ3) is 8.87. The van der Waals surface area contributed by atoms with Crippen LogP contribution in [0.4, 0.5) is 5.69 Å². The first kappa shape index (κ1) is 35.8. The summed E-state index contributed by atoms with van der Waals surface area (Å²) in [5, 5.41) is 0.0175. The number of allylic oxidation sites excluding steroid dienone is 2. The van der Waals surface area contributed by atoms with Gasteiger partial charge in [-0.15, -0.1) is 4.73 Å². The molecule has 1 aliphatic heterocycles. The SMILES string of the molecule is COn1c(=CC=Cc2oc3ccccc3[n+]2CCCS(=O)(=O)[O-])oc(=O)c1=CC=C1Oc2ccccc2N1CCCS(=O)(=O)[O-].[K+]. The summed E-state index contributed by atoms with van der Waals surface area (Å²) in [4.78, 5) is 19.9. The number of anilines is 1. The summed E-state index contributed by atoms with van der Waals surface area (Å²) in [6.45, 7) is 0.390. The van der Waals surface area contributed by atoms with Gasteiger partial charge >= 0.3 is 62.9 Å².